The van der Waals surface area contributed by atoms with Crippen LogP contribution < -0.4 is 9.73 Å². The average molecular weight is 459 g/mol. The molecule has 1 amide bonds. The van der Waals surface area contributed by atoms with Gasteiger partial charge in [-0.25, -0.2) is 13.8 Å². The highest BCUT2D eigenvalue weighted by Gasteiger charge is 2.28. The van der Waals surface area contributed by atoms with Gasteiger partial charge in [0.15, 0.2) is 0 Å². The number of thiophene rings is 1. The number of nitrogens with one attached hydrogen (secondary N) is 1. The number of rotatable bonds is 8. The average Bonchev–Trinajstić information content (AvgIpc) is 3.17. The minimum atomic E-state index is -4.17. The number of amides is 1. The van der Waals surface area contributed by atoms with Gasteiger partial charge < -0.3 is 0 Å². The van der Waals surface area contributed by atoms with Crippen LogP contribution in [0.5, 0.6) is 0 Å². The van der Waals surface area contributed by atoms with Crippen LogP contribution in [0.3, 0.4) is 0 Å². The number of carbonyl (C=O) groups is 1. The van der Waals surface area contributed by atoms with Gasteiger partial charge in [0.25, 0.3) is 21.6 Å². The van der Waals surface area contributed by atoms with Crippen molar-refractivity contribution in [2.45, 2.75) is 11.8 Å². The summed E-state index contributed by atoms with van der Waals surface area (Å²) in [5.41, 5.74) is 3.00. The fourth-order valence-corrected chi connectivity index (χ4v) is 4.86. The largest absolute Gasteiger partial charge is 0.271 e. The van der Waals surface area contributed by atoms with Gasteiger partial charge in [0.2, 0.25) is 0 Å². The third-order valence-corrected chi connectivity index (χ3v) is 6.96. The van der Waals surface area contributed by atoms with Crippen LogP contribution in [-0.4, -0.2) is 32.0 Å². The van der Waals surface area contributed by atoms with Crippen LogP contribution >= 0.6 is 11.3 Å². The highest BCUT2D eigenvalue weighted by Crippen LogP contribution is 2.26. The van der Waals surface area contributed by atoms with Crippen LogP contribution in [0.1, 0.15) is 10.4 Å². The van der Waals surface area contributed by atoms with Crippen LogP contribution in [0, 0.1) is 17.0 Å². The van der Waals surface area contributed by atoms with Gasteiger partial charge in [-0.2, -0.15) is 5.10 Å². The lowest BCUT2D eigenvalue weighted by atomic mass is 10.3. The monoisotopic (exact) mass is 458 g/mol. The summed E-state index contributed by atoms with van der Waals surface area (Å²) in [4.78, 5) is 23.8. The van der Waals surface area contributed by atoms with Crippen LogP contribution in [-0.2, 0) is 14.8 Å². The van der Waals surface area contributed by atoms with Crippen molar-refractivity contribution in [3.8, 4) is 0 Å². The highest BCUT2D eigenvalue weighted by atomic mass is 32.2. The Bertz CT molecular complexity index is 1220. The van der Waals surface area contributed by atoms with Crippen LogP contribution in [0.4, 0.5) is 11.4 Å². The Hall–Kier alpha value is -3.57. The Morgan fingerprint density at radius 2 is 1.94 bits per heavy atom. The molecule has 1 heterocycles. The van der Waals surface area contributed by atoms with E-state index in [1.165, 1.54) is 47.9 Å². The number of non-ortho nitro benzene ring substituents is 1. The molecule has 1 N–H and O–H groups in total. The molecule has 0 radical (unpaired) electrons. The first-order valence-electron chi connectivity index (χ1n) is 8.97. The van der Waals surface area contributed by atoms with E-state index >= 15 is 0 Å². The molecule has 0 saturated heterocycles. The number of anilines is 1. The van der Waals surface area contributed by atoms with Gasteiger partial charge in [-0.3, -0.25) is 19.2 Å². The molecule has 0 aliphatic rings. The van der Waals surface area contributed by atoms with Gasteiger partial charge in [0.05, 0.1) is 21.7 Å². The van der Waals surface area contributed by atoms with Crippen LogP contribution in [0.25, 0.3) is 0 Å². The molecule has 0 bridgehead atoms. The SMILES string of the molecule is Cc1ccsc1/C=N\NC(=O)CN(c1cccc([N+](=O)[O-])c1)S(=O)(=O)c1ccccc1. The molecule has 160 valence electrons. The first-order valence-corrected chi connectivity index (χ1v) is 11.3. The van der Waals surface area contributed by atoms with E-state index in [-0.39, 0.29) is 16.3 Å². The summed E-state index contributed by atoms with van der Waals surface area (Å²) in [5, 5.41) is 16.9. The number of hydrazone groups is 1. The van der Waals surface area contributed by atoms with E-state index in [9.17, 15) is 23.3 Å². The van der Waals surface area contributed by atoms with Crippen molar-refractivity contribution in [3.05, 3.63) is 86.6 Å². The molecule has 1 aromatic heterocycles. The Morgan fingerprint density at radius 3 is 2.58 bits per heavy atom. The fourth-order valence-electron chi connectivity index (χ4n) is 2.64. The number of benzene rings is 2. The lowest BCUT2D eigenvalue weighted by Crippen LogP contribution is -2.39. The van der Waals surface area contributed by atoms with Gasteiger partial charge >= 0.3 is 0 Å². The molecule has 0 aliphatic carbocycles. The van der Waals surface area contributed by atoms with Crippen molar-refractivity contribution < 1.29 is 18.1 Å². The normalized spacial score (nSPS) is 11.4. The van der Waals surface area contributed by atoms with Gasteiger partial charge in [-0.1, -0.05) is 24.3 Å². The molecule has 31 heavy (non-hydrogen) atoms. The second kappa shape index (κ2) is 9.49. The molecule has 0 unspecified atom stereocenters. The van der Waals surface area contributed by atoms with E-state index in [1.54, 1.807) is 18.2 Å². The molecular formula is C20H18N4O5S2. The minimum Gasteiger partial charge on any atom is -0.271 e. The maximum absolute atomic E-state index is 13.2. The summed E-state index contributed by atoms with van der Waals surface area (Å²) in [6.45, 7) is 1.29. The standard InChI is InChI=1S/C20H18N4O5S2/c1-15-10-11-30-19(15)13-21-22-20(25)14-23(16-6-5-7-17(12-16)24(26)27)31(28,29)18-8-3-2-4-9-18/h2-13H,14H2,1H3,(H,22,25)/b21-13-. The Morgan fingerprint density at radius 1 is 1.19 bits per heavy atom. The van der Waals surface area contributed by atoms with E-state index in [2.05, 4.69) is 10.5 Å². The Kier molecular flexibility index (Phi) is 6.78. The zero-order valence-electron chi connectivity index (χ0n) is 16.3. The minimum absolute atomic E-state index is 0.00807. The van der Waals surface area contributed by atoms with Crippen molar-refractivity contribution in [3.63, 3.8) is 0 Å². The number of aryl methyl sites for hydroxylation is 1. The van der Waals surface area contributed by atoms with E-state index in [0.29, 0.717) is 0 Å². The molecule has 0 atom stereocenters. The summed E-state index contributed by atoms with van der Waals surface area (Å²) >= 11 is 1.45. The van der Waals surface area contributed by atoms with Gasteiger partial charge in [0, 0.05) is 17.0 Å². The predicted octanol–water partition coefficient (Wildman–Crippen LogP) is 3.31. The summed E-state index contributed by atoms with van der Waals surface area (Å²) in [6, 6.07) is 14.5. The van der Waals surface area contributed by atoms with Crippen molar-refractivity contribution in [1.82, 2.24) is 5.43 Å². The van der Waals surface area contributed by atoms with Crippen molar-refractivity contribution in [2.24, 2.45) is 5.10 Å². The third-order valence-electron chi connectivity index (χ3n) is 4.22. The van der Waals surface area contributed by atoms with E-state index in [4.69, 9.17) is 0 Å². The topological polar surface area (TPSA) is 122 Å². The Balaban J connectivity index is 1.90. The first-order chi connectivity index (χ1) is 14.8. The zero-order chi connectivity index (χ0) is 22.4. The number of nitro groups is 1. The molecule has 3 rings (SSSR count). The second-order valence-electron chi connectivity index (χ2n) is 6.36. The molecule has 9 nitrogen and oxygen atoms in total. The number of hydrogen-bond donors (Lipinski definition) is 1. The van der Waals surface area contributed by atoms with Crippen molar-refractivity contribution in [1.29, 1.82) is 0 Å². The van der Waals surface area contributed by atoms with E-state index < -0.39 is 27.4 Å². The second-order valence-corrected chi connectivity index (χ2v) is 9.17. The number of hydrogen-bond acceptors (Lipinski definition) is 7. The number of nitrogens with zero attached hydrogens (tertiary/aromatic N) is 3. The summed E-state index contributed by atoms with van der Waals surface area (Å²) in [5.74, 6) is -0.698. The summed E-state index contributed by atoms with van der Waals surface area (Å²) in [7, 11) is -4.17. The third kappa shape index (κ3) is 5.32. The lowest BCUT2D eigenvalue weighted by Gasteiger charge is -2.23. The molecule has 0 aliphatic heterocycles. The van der Waals surface area contributed by atoms with Gasteiger partial charge in [-0.15, -0.1) is 11.3 Å². The quantitative estimate of drug-likeness (QED) is 0.315. The molecule has 0 saturated carbocycles. The maximum Gasteiger partial charge on any atom is 0.271 e. The van der Waals surface area contributed by atoms with Crippen molar-refractivity contribution >= 4 is 44.9 Å². The van der Waals surface area contributed by atoms with Crippen LogP contribution in [0.2, 0.25) is 0 Å². The number of carbonyl (C=O) groups excluding carboxylic acids is 1. The fraction of sp³-hybridized carbons (Fsp3) is 0.100. The molecule has 0 spiro atoms. The zero-order valence-corrected chi connectivity index (χ0v) is 18.0. The Labute approximate surface area is 182 Å². The molecular weight excluding hydrogens is 440 g/mol. The van der Waals surface area contributed by atoms with E-state index in [0.717, 1.165) is 20.8 Å². The summed E-state index contributed by atoms with van der Waals surface area (Å²) < 4.78 is 27.2. The highest BCUT2D eigenvalue weighted by molar-refractivity contribution is 7.92. The smallest absolute Gasteiger partial charge is 0.271 e. The lowest BCUT2D eigenvalue weighted by molar-refractivity contribution is -0.384. The van der Waals surface area contributed by atoms with Crippen molar-refractivity contribution in [2.75, 3.05) is 10.8 Å². The number of nitro benzene ring substituents is 1. The van der Waals surface area contributed by atoms with Gasteiger partial charge in [-0.05, 0) is 42.1 Å². The summed E-state index contributed by atoms with van der Waals surface area (Å²) in [6.07, 6.45) is 1.47. The number of sulfonamides is 1. The molecule has 0 fully saturated rings. The van der Waals surface area contributed by atoms with Crippen LogP contribution in [0.15, 0.2) is 76.0 Å². The van der Waals surface area contributed by atoms with Gasteiger partial charge in [0.1, 0.15) is 6.54 Å². The molecule has 11 heteroatoms. The molecule has 3 aromatic rings. The molecule has 2 aromatic carbocycles. The first kappa shape index (κ1) is 22.1. The van der Waals surface area contributed by atoms with E-state index in [1.807, 2.05) is 18.4 Å². The predicted molar refractivity (Wildman–Crippen MR) is 119 cm³/mol. The maximum atomic E-state index is 13.2.